The molecule has 0 unspecified atom stereocenters. The van der Waals surface area contributed by atoms with Crippen molar-refractivity contribution in [1.82, 2.24) is 0 Å². The van der Waals surface area contributed by atoms with Crippen molar-refractivity contribution < 1.29 is 14.3 Å². The van der Waals surface area contributed by atoms with Gasteiger partial charge in [-0.3, -0.25) is 5.01 Å². The van der Waals surface area contributed by atoms with E-state index >= 15 is 0 Å². The Morgan fingerprint density at radius 3 is 2.73 bits per heavy atom. The zero-order chi connectivity index (χ0) is 20.8. The molecule has 2 aromatic carbocycles. The molecule has 0 bridgehead atoms. The standard InChI is InChI=1S/C24H27N3O3/c1-14-11-17(8-10-20(14)25)27-23(15-5-3-4-6-15)19-13-30-21-12-16(24(28)29-2)7-9-18(21)22(19)26-27/h7-12,15,19,23H,3-6,13,25H2,1-2H3/t19-,23-/m0/s1. The van der Waals surface area contributed by atoms with Crippen molar-refractivity contribution in [2.75, 3.05) is 24.5 Å². The summed E-state index contributed by atoms with van der Waals surface area (Å²) in [6.45, 7) is 2.61. The van der Waals surface area contributed by atoms with E-state index in [9.17, 15) is 4.79 Å². The van der Waals surface area contributed by atoms with Crippen LogP contribution < -0.4 is 15.5 Å². The molecule has 2 aliphatic heterocycles. The Morgan fingerprint density at radius 1 is 1.20 bits per heavy atom. The minimum atomic E-state index is -0.361. The smallest absolute Gasteiger partial charge is 0.337 e. The molecule has 1 saturated carbocycles. The van der Waals surface area contributed by atoms with Crippen LogP contribution in [0.3, 0.4) is 0 Å². The van der Waals surface area contributed by atoms with Crippen molar-refractivity contribution in [1.29, 1.82) is 0 Å². The monoisotopic (exact) mass is 405 g/mol. The van der Waals surface area contributed by atoms with Crippen molar-refractivity contribution in [3.05, 3.63) is 53.1 Å². The molecule has 0 saturated heterocycles. The molecule has 2 heterocycles. The van der Waals surface area contributed by atoms with Crippen molar-refractivity contribution in [3.63, 3.8) is 0 Å². The van der Waals surface area contributed by atoms with Gasteiger partial charge in [0, 0.05) is 11.3 Å². The van der Waals surface area contributed by atoms with Gasteiger partial charge in [0.15, 0.2) is 0 Å². The maximum Gasteiger partial charge on any atom is 0.337 e. The first-order valence-electron chi connectivity index (χ1n) is 10.7. The number of carbonyl (C=O) groups is 1. The molecule has 1 aliphatic carbocycles. The Balaban J connectivity index is 1.57. The predicted octanol–water partition coefficient (Wildman–Crippen LogP) is 4.16. The van der Waals surface area contributed by atoms with Crippen LogP contribution in [-0.4, -0.2) is 31.4 Å². The number of esters is 1. The van der Waals surface area contributed by atoms with Gasteiger partial charge in [0.25, 0.3) is 0 Å². The molecule has 6 heteroatoms. The summed E-state index contributed by atoms with van der Waals surface area (Å²) in [5, 5.41) is 7.33. The van der Waals surface area contributed by atoms with E-state index in [1.165, 1.54) is 32.8 Å². The Kier molecular flexibility index (Phi) is 4.65. The molecule has 0 radical (unpaired) electrons. The van der Waals surface area contributed by atoms with Gasteiger partial charge in [-0.15, -0.1) is 0 Å². The van der Waals surface area contributed by atoms with Crippen LogP contribution in [0.25, 0.3) is 0 Å². The summed E-state index contributed by atoms with van der Waals surface area (Å²) < 4.78 is 11.0. The highest BCUT2D eigenvalue weighted by atomic mass is 16.5. The zero-order valence-electron chi connectivity index (χ0n) is 17.4. The van der Waals surface area contributed by atoms with Gasteiger partial charge in [-0.05, 0) is 67.6 Å². The maximum absolute atomic E-state index is 11.9. The quantitative estimate of drug-likeness (QED) is 0.613. The summed E-state index contributed by atoms with van der Waals surface area (Å²) in [6, 6.07) is 11.9. The second-order valence-corrected chi connectivity index (χ2v) is 8.53. The highest BCUT2D eigenvalue weighted by Crippen LogP contribution is 2.44. The number of fused-ring (bicyclic) bond motifs is 3. The first-order chi connectivity index (χ1) is 14.6. The number of anilines is 2. The molecule has 6 nitrogen and oxygen atoms in total. The number of hydrogen-bond acceptors (Lipinski definition) is 6. The van der Waals surface area contributed by atoms with Crippen LogP contribution in [0.15, 0.2) is 41.5 Å². The molecule has 0 spiro atoms. The van der Waals surface area contributed by atoms with Crippen molar-refractivity contribution in [2.24, 2.45) is 16.9 Å². The molecule has 0 aromatic heterocycles. The molecule has 5 rings (SSSR count). The summed E-state index contributed by atoms with van der Waals surface area (Å²) in [6.07, 6.45) is 5.00. The summed E-state index contributed by atoms with van der Waals surface area (Å²) in [5.74, 6) is 1.14. The molecule has 2 aromatic rings. The van der Waals surface area contributed by atoms with E-state index in [4.69, 9.17) is 20.3 Å². The lowest BCUT2D eigenvalue weighted by atomic mass is 9.81. The molecule has 1 fully saturated rings. The highest BCUT2D eigenvalue weighted by Gasteiger charge is 2.46. The fraction of sp³-hybridized carbons (Fsp3) is 0.417. The van der Waals surface area contributed by atoms with E-state index in [1.54, 1.807) is 12.1 Å². The van der Waals surface area contributed by atoms with Crippen LogP contribution in [0.1, 0.15) is 47.2 Å². The summed E-state index contributed by atoms with van der Waals surface area (Å²) in [4.78, 5) is 11.9. The Hall–Kier alpha value is -3.02. The van der Waals surface area contributed by atoms with Gasteiger partial charge < -0.3 is 15.2 Å². The Labute approximate surface area is 176 Å². The molecule has 2 N–H and O–H groups in total. The van der Waals surface area contributed by atoms with Gasteiger partial charge >= 0.3 is 5.97 Å². The number of nitrogen functional groups attached to an aromatic ring is 1. The second-order valence-electron chi connectivity index (χ2n) is 8.53. The van der Waals surface area contributed by atoms with E-state index in [-0.39, 0.29) is 17.9 Å². The number of hydrogen-bond donors (Lipinski definition) is 1. The first kappa shape index (κ1) is 19.0. The average molecular weight is 405 g/mol. The number of aryl methyl sites for hydroxylation is 1. The van der Waals surface area contributed by atoms with E-state index in [0.29, 0.717) is 23.8 Å². The number of benzene rings is 2. The van der Waals surface area contributed by atoms with Crippen LogP contribution in [0.5, 0.6) is 5.75 Å². The molecule has 3 aliphatic rings. The minimum Gasteiger partial charge on any atom is -0.492 e. The molecule has 156 valence electrons. The van der Waals surface area contributed by atoms with Gasteiger partial charge in [-0.25, -0.2) is 4.79 Å². The molecule has 0 amide bonds. The number of methoxy groups -OCH3 is 1. The number of ether oxygens (including phenoxy) is 2. The number of hydrazone groups is 1. The van der Waals surface area contributed by atoms with E-state index in [0.717, 1.165) is 28.2 Å². The predicted molar refractivity (Wildman–Crippen MR) is 117 cm³/mol. The highest BCUT2D eigenvalue weighted by molar-refractivity contribution is 6.08. The zero-order valence-corrected chi connectivity index (χ0v) is 17.4. The van der Waals surface area contributed by atoms with E-state index in [1.807, 2.05) is 19.1 Å². The molecule has 30 heavy (non-hydrogen) atoms. The largest absolute Gasteiger partial charge is 0.492 e. The van der Waals surface area contributed by atoms with Gasteiger partial charge in [0.1, 0.15) is 5.75 Å². The normalized spacial score (nSPS) is 22.9. The van der Waals surface area contributed by atoms with Gasteiger partial charge in [0.05, 0.1) is 42.6 Å². The van der Waals surface area contributed by atoms with Crippen molar-refractivity contribution >= 4 is 23.1 Å². The Morgan fingerprint density at radius 2 is 2.00 bits per heavy atom. The van der Waals surface area contributed by atoms with Crippen LogP contribution in [-0.2, 0) is 4.74 Å². The van der Waals surface area contributed by atoms with Crippen LogP contribution >= 0.6 is 0 Å². The number of rotatable bonds is 3. The first-order valence-corrected chi connectivity index (χ1v) is 10.7. The van der Waals surface area contributed by atoms with Crippen LogP contribution in [0.4, 0.5) is 11.4 Å². The molecular formula is C24H27N3O3. The van der Waals surface area contributed by atoms with E-state index < -0.39 is 0 Å². The third-order valence-electron chi connectivity index (χ3n) is 6.76. The summed E-state index contributed by atoms with van der Waals surface area (Å²) in [7, 11) is 1.39. The minimum absolute atomic E-state index is 0.211. The fourth-order valence-corrected chi connectivity index (χ4v) is 5.16. The number of carbonyl (C=O) groups excluding carboxylic acids is 1. The lowest BCUT2D eigenvalue weighted by Gasteiger charge is -2.34. The van der Waals surface area contributed by atoms with E-state index in [2.05, 4.69) is 17.1 Å². The lowest BCUT2D eigenvalue weighted by Crippen LogP contribution is -2.43. The van der Waals surface area contributed by atoms with Crippen molar-refractivity contribution in [3.8, 4) is 5.75 Å². The van der Waals surface area contributed by atoms with Gasteiger partial charge in [0.2, 0.25) is 0 Å². The molecular weight excluding hydrogens is 378 g/mol. The topological polar surface area (TPSA) is 77.2 Å². The second kappa shape index (κ2) is 7.35. The summed E-state index contributed by atoms with van der Waals surface area (Å²) in [5.41, 5.74) is 11.5. The average Bonchev–Trinajstić information content (AvgIpc) is 3.42. The van der Waals surface area contributed by atoms with Gasteiger partial charge in [-0.2, -0.15) is 5.10 Å². The fourth-order valence-electron chi connectivity index (χ4n) is 5.16. The number of nitrogens with two attached hydrogens (primary N) is 1. The summed E-state index contributed by atoms with van der Waals surface area (Å²) >= 11 is 0. The van der Waals surface area contributed by atoms with Gasteiger partial charge in [-0.1, -0.05) is 12.8 Å². The van der Waals surface area contributed by atoms with Crippen LogP contribution in [0, 0.1) is 18.8 Å². The van der Waals surface area contributed by atoms with Crippen molar-refractivity contribution in [2.45, 2.75) is 38.6 Å². The number of nitrogens with zero attached hydrogens (tertiary/aromatic N) is 2. The maximum atomic E-state index is 11.9. The Bertz CT molecular complexity index is 1030. The molecule has 2 atom stereocenters. The third-order valence-corrected chi connectivity index (χ3v) is 6.76. The third kappa shape index (κ3) is 3.02. The lowest BCUT2D eigenvalue weighted by molar-refractivity contribution is 0.0600. The van der Waals surface area contributed by atoms with Crippen LogP contribution in [0.2, 0.25) is 0 Å². The SMILES string of the molecule is COC(=O)c1ccc2c(c1)OC[C@H]1C2=NN(c2ccc(N)c(C)c2)[C@H]1C1CCCC1.